The molecule has 1 aliphatic rings. The highest BCUT2D eigenvalue weighted by Gasteiger charge is 2.34. The lowest BCUT2D eigenvalue weighted by Gasteiger charge is -2.40. The lowest BCUT2D eigenvalue weighted by atomic mass is 9.85. The molecule has 2 aromatic carbocycles. The van der Waals surface area contributed by atoms with E-state index in [1.165, 1.54) is 0 Å². The van der Waals surface area contributed by atoms with Crippen LogP contribution in [-0.4, -0.2) is 46.7 Å². The number of fused-ring (bicyclic) bond motifs is 1. The summed E-state index contributed by atoms with van der Waals surface area (Å²) in [6, 6.07) is 15.5. The van der Waals surface area contributed by atoms with Crippen molar-refractivity contribution < 1.29 is 9.53 Å². The molecule has 2 heterocycles. The third-order valence-corrected chi connectivity index (χ3v) is 7.38. The van der Waals surface area contributed by atoms with Crippen LogP contribution in [0.4, 0.5) is 4.79 Å². The van der Waals surface area contributed by atoms with E-state index in [1.54, 1.807) is 0 Å². The van der Waals surface area contributed by atoms with Crippen molar-refractivity contribution in [1.82, 2.24) is 19.8 Å². The number of likely N-dealkylation sites (tertiary alicyclic amines) is 1. The van der Waals surface area contributed by atoms with Gasteiger partial charge in [0, 0.05) is 29.5 Å². The van der Waals surface area contributed by atoms with Gasteiger partial charge in [0.05, 0.1) is 10.9 Å². The summed E-state index contributed by atoms with van der Waals surface area (Å²) in [5.74, 6) is 0.932. The zero-order valence-corrected chi connectivity index (χ0v) is 23.8. The minimum absolute atomic E-state index is 0.00539. The summed E-state index contributed by atoms with van der Waals surface area (Å²) < 4.78 is 8.14. The van der Waals surface area contributed by atoms with Crippen LogP contribution in [0.25, 0.3) is 10.9 Å². The van der Waals surface area contributed by atoms with Crippen LogP contribution in [0, 0.1) is 5.41 Å². The smallest absolute Gasteiger partial charge is 0.407 e. The van der Waals surface area contributed by atoms with E-state index in [4.69, 9.17) is 9.72 Å². The van der Waals surface area contributed by atoms with Gasteiger partial charge < -0.3 is 15.0 Å². The SMILES string of the molecule is CN1CCCC(c2nc3ccc(Br)cc3c(=O)n2CC(C)(C)C)C1CCNC(=O)OCc1ccccc1. The van der Waals surface area contributed by atoms with E-state index >= 15 is 0 Å². The number of hydrogen-bond acceptors (Lipinski definition) is 5. The second-order valence-electron chi connectivity index (χ2n) is 11.2. The summed E-state index contributed by atoms with van der Waals surface area (Å²) in [6.07, 6.45) is 2.31. The summed E-state index contributed by atoms with van der Waals surface area (Å²) in [5, 5.41) is 3.54. The van der Waals surface area contributed by atoms with Gasteiger partial charge in [0.15, 0.2) is 0 Å². The van der Waals surface area contributed by atoms with Crippen LogP contribution in [0.15, 0.2) is 57.8 Å². The Hall–Kier alpha value is -2.71. The van der Waals surface area contributed by atoms with Gasteiger partial charge in [-0.1, -0.05) is 67.0 Å². The predicted octanol–water partition coefficient (Wildman–Crippen LogP) is 5.70. The molecule has 37 heavy (non-hydrogen) atoms. The highest BCUT2D eigenvalue weighted by atomic mass is 79.9. The van der Waals surface area contributed by atoms with Gasteiger partial charge >= 0.3 is 6.09 Å². The van der Waals surface area contributed by atoms with Crippen molar-refractivity contribution >= 4 is 32.9 Å². The number of rotatable bonds is 7. The Morgan fingerprint density at radius 3 is 2.68 bits per heavy atom. The van der Waals surface area contributed by atoms with Gasteiger partial charge in [-0.15, -0.1) is 0 Å². The monoisotopic (exact) mass is 568 g/mol. The lowest BCUT2D eigenvalue weighted by molar-refractivity contribution is 0.128. The highest BCUT2D eigenvalue weighted by molar-refractivity contribution is 9.10. The van der Waals surface area contributed by atoms with E-state index in [2.05, 4.69) is 54.0 Å². The molecule has 198 valence electrons. The van der Waals surface area contributed by atoms with Crippen LogP contribution in [0.5, 0.6) is 0 Å². The summed E-state index contributed by atoms with van der Waals surface area (Å²) >= 11 is 3.50. The van der Waals surface area contributed by atoms with Crippen molar-refractivity contribution in [2.45, 2.75) is 65.1 Å². The summed E-state index contributed by atoms with van der Waals surface area (Å²) in [7, 11) is 2.12. The molecule has 1 N–H and O–H groups in total. The Labute approximate surface area is 227 Å². The number of likely N-dealkylation sites (N-methyl/N-ethyl adjacent to an activating group) is 1. The first kappa shape index (κ1) is 27.3. The zero-order chi connectivity index (χ0) is 26.6. The Balaban J connectivity index is 1.55. The fraction of sp³-hybridized carbons (Fsp3) is 0.483. The molecule has 1 amide bonds. The average Bonchev–Trinajstić information content (AvgIpc) is 2.85. The maximum atomic E-state index is 13.7. The van der Waals surface area contributed by atoms with Gasteiger partial charge in [0.2, 0.25) is 0 Å². The van der Waals surface area contributed by atoms with Crippen LogP contribution in [-0.2, 0) is 17.9 Å². The third kappa shape index (κ3) is 6.99. The Kier molecular flexibility index (Phi) is 8.70. The molecule has 4 rings (SSSR count). The third-order valence-electron chi connectivity index (χ3n) is 6.89. The number of amides is 1. The maximum absolute atomic E-state index is 13.7. The molecule has 1 aliphatic heterocycles. The molecule has 1 aromatic heterocycles. The number of nitrogens with zero attached hydrogens (tertiary/aromatic N) is 3. The van der Waals surface area contributed by atoms with Crippen LogP contribution in [0.1, 0.15) is 57.3 Å². The maximum Gasteiger partial charge on any atom is 0.407 e. The number of halogens is 1. The quantitative estimate of drug-likeness (QED) is 0.395. The van der Waals surface area contributed by atoms with Gasteiger partial charge in [0.25, 0.3) is 5.56 Å². The van der Waals surface area contributed by atoms with Crippen LogP contribution in [0.3, 0.4) is 0 Å². The molecular formula is C29H37BrN4O3. The van der Waals surface area contributed by atoms with E-state index in [9.17, 15) is 9.59 Å². The topological polar surface area (TPSA) is 76.5 Å². The molecule has 1 saturated heterocycles. The molecular weight excluding hydrogens is 532 g/mol. The Bertz CT molecular complexity index is 1290. The second kappa shape index (κ2) is 11.8. The standard InChI is InChI=1S/C29H37BrN4O3/c1-29(2,3)19-34-26(32-24-13-12-21(30)17-23(24)27(34)35)22-11-8-16-33(4)25(22)14-15-31-28(36)37-18-20-9-6-5-7-10-20/h5-7,9-10,12-13,17,22,25H,8,11,14-16,18-19H2,1-4H3,(H,31,36). The van der Waals surface area contributed by atoms with Gasteiger partial charge in [-0.05, 0) is 62.0 Å². The Morgan fingerprint density at radius 2 is 1.95 bits per heavy atom. The number of alkyl carbamates (subject to hydrolysis) is 1. The fourth-order valence-electron chi connectivity index (χ4n) is 5.17. The van der Waals surface area contributed by atoms with E-state index in [1.807, 2.05) is 53.1 Å². The van der Waals surface area contributed by atoms with E-state index in [0.717, 1.165) is 47.2 Å². The van der Waals surface area contributed by atoms with Crippen molar-refractivity contribution in [3.05, 3.63) is 74.7 Å². The number of benzene rings is 2. The van der Waals surface area contributed by atoms with Gasteiger partial charge in [-0.25, -0.2) is 9.78 Å². The van der Waals surface area contributed by atoms with Crippen LogP contribution >= 0.6 is 15.9 Å². The summed E-state index contributed by atoms with van der Waals surface area (Å²) in [6.45, 7) is 8.73. The van der Waals surface area contributed by atoms with Gasteiger partial charge in [-0.3, -0.25) is 9.36 Å². The van der Waals surface area contributed by atoms with Crippen molar-refractivity contribution in [2.24, 2.45) is 5.41 Å². The van der Waals surface area contributed by atoms with Crippen molar-refractivity contribution in [2.75, 3.05) is 20.1 Å². The van der Waals surface area contributed by atoms with E-state index in [0.29, 0.717) is 18.5 Å². The van der Waals surface area contributed by atoms with Crippen molar-refractivity contribution in [3.8, 4) is 0 Å². The molecule has 0 radical (unpaired) electrons. The van der Waals surface area contributed by atoms with Crippen LogP contribution in [0.2, 0.25) is 0 Å². The lowest BCUT2D eigenvalue weighted by Crippen LogP contribution is -2.46. The second-order valence-corrected chi connectivity index (χ2v) is 12.1. The number of carbonyl (C=O) groups excluding carboxylic acids is 1. The molecule has 0 saturated carbocycles. The molecule has 2 atom stereocenters. The molecule has 2 unspecified atom stereocenters. The largest absolute Gasteiger partial charge is 0.445 e. The van der Waals surface area contributed by atoms with Crippen molar-refractivity contribution in [1.29, 1.82) is 0 Å². The predicted molar refractivity (Wildman–Crippen MR) is 151 cm³/mol. The van der Waals surface area contributed by atoms with Crippen LogP contribution < -0.4 is 10.9 Å². The molecule has 0 bridgehead atoms. The highest BCUT2D eigenvalue weighted by Crippen LogP contribution is 2.34. The Morgan fingerprint density at radius 1 is 1.19 bits per heavy atom. The first-order valence-electron chi connectivity index (χ1n) is 13.0. The molecule has 3 aromatic rings. The number of hydrogen-bond donors (Lipinski definition) is 1. The minimum Gasteiger partial charge on any atom is -0.445 e. The molecule has 0 aliphatic carbocycles. The number of carbonyl (C=O) groups is 1. The zero-order valence-electron chi connectivity index (χ0n) is 22.2. The van der Waals surface area contributed by atoms with Gasteiger partial charge in [0.1, 0.15) is 12.4 Å². The number of aromatic nitrogens is 2. The van der Waals surface area contributed by atoms with E-state index < -0.39 is 6.09 Å². The molecule has 0 spiro atoms. The average molecular weight is 570 g/mol. The first-order valence-corrected chi connectivity index (χ1v) is 13.8. The normalized spacial score (nSPS) is 18.6. The first-order chi connectivity index (χ1) is 17.6. The minimum atomic E-state index is -0.419. The molecule has 8 heteroatoms. The number of ether oxygens (including phenoxy) is 1. The number of piperidine rings is 1. The molecule has 1 fully saturated rings. The summed E-state index contributed by atoms with van der Waals surface area (Å²) in [4.78, 5) is 33.4. The fourth-order valence-corrected chi connectivity index (χ4v) is 5.53. The van der Waals surface area contributed by atoms with Gasteiger partial charge in [-0.2, -0.15) is 0 Å². The van der Waals surface area contributed by atoms with E-state index in [-0.39, 0.29) is 29.5 Å². The molecule has 7 nitrogen and oxygen atoms in total. The van der Waals surface area contributed by atoms with Crippen molar-refractivity contribution in [3.63, 3.8) is 0 Å². The summed E-state index contributed by atoms with van der Waals surface area (Å²) in [5.41, 5.74) is 1.60. The number of nitrogens with one attached hydrogen (secondary N) is 1.